The van der Waals surface area contributed by atoms with Gasteiger partial charge in [0.2, 0.25) is 5.52 Å². The van der Waals surface area contributed by atoms with Crippen LogP contribution >= 0.6 is 0 Å². The van der Waals surface area contributed by atoms with Crippen LogP contribution in [0.1, 0.15) is 0 Å². The zero-order valence-electron chi connectivity index (χ0n) is 9.90. The first kappa shape index (κ1) is 11.7. The molecule has 1 aliphatic heterocycles. The van der Waals surface area contributed by atoms with Gasteiger partial charge in [-0.3, -0.25) is 10.1 Å². The molecule has 1 aliphatic rings. The van der Waals surface area contributed by atoms with Gasteiger partial charge in [-0.2, -0.15) is 0 Å². The van der Waals surface area contributed by atoms with Gasteiger partial charge >= 0.3 is 5.69 Å². The van der Waals surface area contributed by atoms with Crippen LogP contribution in [0.15, 0.2) is 10.7 Å². The molecule has 9 heteroatoms. The van der Waals surface area contributed by atoms with Gasteiger partial charge in [0.1, 0.15) is 5.69 Å². The molecule has 1 fully saturated rings. The van der Waals surface area contributed by atoms with Gasteiger partial charge in [0, 0.05) is 13.1 Å². The zero-order valence-corrected chi connectivity index (χ0v) is 9.90. The molecular formula is C10H11N5O4. The van der Waals surface area contributed by atoms with E-state index in [1.54, 1.807) is 0 Å². The molecule has 1 aromatic carbocycles. The smallest absolute Gasteiger partial charge is 0.323 e. The van der Waals surface area contributed by atoms with Crippen molar-refractivity contribution in [1.82, 2.24) is 10.3 Å². The maximum absolute atomic E-state index is 11.0. The number of rotatable bonds is 2. The normalized spacial score (nSPS) is 15.9. The molecule has 0 aliphatic carbocycles. The van der Waals surface area contributed by atoms with Gasteiger partial charge < -0.3 is 15.4 Å². The van der Waals surface area contributed by atoms with Crippen LogP contribution in [0.3, 0.4) is 0 Å². The van der Waals surface area contributed by atoms with Gasteiger partial charge in [-0.05, 0) is 16.4 Å². The van der Waals surface area contributed by atoms with E-state index in [9.17, 15) is 10.1 Å². The Morgan fingerprint density at radius 1 is 1.32 bits per heavy atom. The highest BCUT2D eigenvalue weighted by Gasteiger charge is 2.26. The predicted octanol–water partition coefficient (Wildman–Crippen LogP) is 0.550. The van der Waals surface area contributed by atoms with E-state index in [1.807, 2.05) is 4.90 Å². The van der Waals surface area contributed by atoms with Crippen molar-refractivity contribution in [1.29, 1.82) is 0 Å². The average Bonchev–Trinajstić information content (AvgIpc) is 2.87. The van der Waals surface area contributed by atoms with Crippen molar-refractivity contribution in [3.63, 3.8) is 0 Å². The van der Waals surface area contributed by atoms with Crippen molar-refractivity contribution < 1.29 is 14.3 Å². The lowest BCUT2D eigenvalue weighted by atomic mass is 10.1. The number of fused-ring (bicyclic) bond motifs is 1. The third-order valence-corrected chi connectivity index (χ3v) is 3.06. The lowest BCUT2D eigenvalue weighted by Gasteiger charge is -2.28. The lowest BCUT2D eigenvalue weighted by molar-refractivity contribution is -0.382. The molecule has 1 saturated heterocycles. The molecule has 100 valence electrons. The molecule has 2 heterocycles. The molecule has 9 nitrogen and oxygen atoms in total. The molecule has 2 aromatic rings. The highest BCUT2D eigenvalue weighted by atomic mass is 16.6. The lowest BCUT2D eigenvalue weighted by Crippen LogP contribution is -2.36. The molecule has 0 radical (unpaired) electrons. The van der Waals surface area contributed by atoms with Crippen LogP contribution in [-0.2, 0) is 4.74 Å². The highest BCUT2D eigenvalue weighted by Crippen LogP contribution is 2.36. The number of nitrogen functional groups attached to an aromatic ring is 1. The second-order valence-corrected chi connectivity index (χ2v) is 4.15. The Morgan fingerprint density at radius 2 is 2.00 bits per heavy atom. The van der Waals surface area contributed by atoms with E-state index in [0.29, 0.717) is 37.5 Å². The third kappa shape index (κ3) is 1.83. The van der Waals surface area contributed by atoms with Gasteiger partial charge in [0.25, 0.3) is 0 Å². The molecule has 0 spiro atoms. The zero-order chi connectivity index (χ0) is 13.4. The molecule has 0 saturated carbocycles. The SMILES string of the molecule is Nc1cc(N2CCOCC2)c2nonc2c1[N+](=O)[O-]. The summed E-state index contributed by atoms with van der Waals surface area (Å²) in [6, 6.07) is 1.54. The van der Waals surface area contributed by atoms with Gasteiger partial charge in [0.05, 0.1) is 23.8 Å². The van der Waals surface area contributed by atoms with E-state index in [4.69, 9.17) is 10.5 Å². The van der Waals surface area contributed by atoms with Crippen molar-refractivity contribution in [2.45, 2.75) is 0 Å². The maximum Gasteiger partial charge on any atom is 0.323 e. The Kier molecular flexibility index (Phi) is 2.67. The van der Waals surface area contributed by atoms with Crippen molar-refractivity contribution >= 4 is 28.1 Å². The first-order valence-corrected chi connectivity index (χ1v) is 5.70. The van der Waals surface area contributed by atoms with Crippen LogP contribution in [0, 0.1) is 10.1 Å². The number of hydrogen-bond acceptors (Lipinski definition) is 8. The van der Waals surface area contributed by atoms with E-state index >= 15 is 0 Å². The fraction of sp³-hybridized carbons (Fsp3) is 0.400. The Morgan fingerprint density at radius 3 is 2.68 bits per heavy atom. The number of nitrogens with zero attached hydrogens (tertiary/aromatic N) is 4. The quantitative estimate of drug-likeness (QED) is 0.474. The minimum Gasteiger partial charge on any atom is -0.393 e. The number of nitro groups is 1. The Hall–Kier alpha value is -2.42. The van der Waals surface area contributed by atoms with Crippen LogP contribution in [0.25, 0.3) is 11.0 Å². The summed E-state index contributed by atoms with van der Waals surface area (Å²) in [7, 11) is 0. The average molecular weight is 265 g/mol. The van der Waals surface area contributed by atoms with E-state index in [2.05, 4.69) is 14.9 Å². The summed E-state index contributed by atoms with van der Waals surface area (Å²) in [5.41, 5.74) is 6.63. The summed E-state index contributed by atoms with van der Waals surface area (Å²) in [6.07, 6.45) is 0. The maximum atomic E-state index is 11.0. The van der Waals surface area contributed by atoms with Gasteiger partial charge in [-0.15, -0.1) is 0 Å². The number of ether oxygens (including phenoxy) is 1. The minimum atomic E-state index is -0.578. The highest BCUT2D eigenvalue weighted by molar-refractivity contribution is 5.99. The van der Waals surface area contributed by atoms with Crippen molar-refractivity contribution in [3.05, 3.63) is 16.2 Å². The molecule has 0 amide bonds. The Balaban J connectivity index is 2.18. The number of anilines is 2. The van der Waals surface area contributed by atoms with Crippen LogP contribution in [0.2, 0.25) is 0 Å². The second kappa shape index (κ2) is 4.35. The first-order valence-electron chi connectivity index (χ1n) is 5.70. The van der Waals surface area contributed by atoms with Crippen molar-refractivity contribution in [2.24, 2.45) is 0 Å². The van der Waals surface area contributed by atoms with Crippen LogP contribution < -0.4 is 10.6 Å². The minimum absolute atomic E-state index is 0.0506. The summed E-state index contributed by atoms with van der Waals surface area (Å²) in [4.78, 5) is 12.4. The van der Waals surface area contributed by atoms with E-state index in [1.165, 1.54) is 6.07 Å². The largest absolute Gasteiger partial charge is 0.393 e. The van der Waals surface area contributed by atoms with Crippen LogP contribution in [0.5, 0.6) is 0 Å². The number of benzene rings is 1. The first-order chi connectivity index (χ1) is 9.18. The summed E-state index contributed by atoms with van der Waals surface area (Å²) in [5, 5.41) is 18.3. The molecule has 0 unspecified atom stereocenters. The molecule has 1 aromatic heterocycles. The van der Waals surface area contributed by atoms with E-state index < -0.39 is 4.92 Å². The Labute approximate surface area is 107 Å². The van der Waals surface area contributed by atoms with Crippen molar-refractivity contribution in [3.8, 4) is 0 Å². The van der Waals surface area contributed by atoms with E-state index in [0.717, 1.165) is 0 Å². The summed E-state index contributed by atoms with van der Waals surface area (Å²) >= 11 is 0. The molecule has 3 rings (SSSR count). The van der Waals surface area contributed by atoms with Crippen molar-refractivity contribution in [2.75, 3.05) is 36.9 Å². The second-order valence-electron chi connectivity index (χ2n) is 4.15. The van der Waals surface area contributed by atoms with Gasteiger partial charge in [-0.25, -0.2) is 4.63 Å². The van der Waals surface area contributed by atoms with Gasteiger partial charge in [0.15, 0.2) is 5.52 Å². The monoisotopic (exact) mass is 265 g/mol. The van der Waals surface area contributed by atoms with Crippen LogP contribution in [-0.4, -0.2) is 41.5 Å². The molecule has 0 bridgehead atoms. The fourth-order valence-corrected chi connectivity index (χ4v) is 2.17. The molecule has 2 N–H and O–H groups in total. The number of hydrogen-bond donors (Lipinski definition) is 1. The van der Waals surface area contributed by atoms with Gasteiger partial charge in [-0.1, -0.05) is 0 Å². The number of aromatic nitrogens is 2. The van der Waals surface area contributed by atoms with Crippen LogP contribution in [0.4, 0.5) is 17.1 Å². The molecule has 19 heavy (non-hydrogen) atoms. The third-order valence-electron chi connectivity index (χ3n) is 3.06. The topological polar surface area (TPSA) is 121 Å². The van der Waals surface area contributed by atoms with E-state index in [-0.39, 0.29) is 16.9 Å². The summed E-state index contributed by atoms with van der Waals surface area (Å²) < 4.78 is 9.89. The number of nitro benzene ring substituents is 1. The fourth-order valence-electron chi connectivity index (χ4n) is 2.17. The molecule has 0 atom stereocenters. The number of morpholine rings is 1. The molecular weight excluding hydrogens is 254 g/mol. The Bertz CT molecular complexity index is 634. The summed E-state index contributed by atoms with van der Waals surface area (Å²) in [5.74, 6) is 0. The number of nitrogens with two attached hydrogens (primary N) is 1. The standard InChI is InChI=1S/C10H11N5O4/c11-6-5-7(14-1-3-18-4-2-14)8-9(13-19-12-8)10(6)15(16)17/h5H,1-4,11H2. The predicted molar refractivity (Wildman–Crippen MR) is 65.9 cm³/mol. The summed E-state index contributed by atoms with van der Waals surface area (Å²) in [6.45, 7) is 2.51.